The molecule has 0 saturated carbocycles. The molecular weight excluding hydrogens is 394 g/mol. The molecule has 3 aromatic rings. The molecule has 0 N–H and O–H groups in total. The highest BCUT2D eigenvalue weighted by Gasteiger charge is 2.25. The van der Waals surface area contributed by atoms with Crippen LogP contribution >= 0.6 is 11.8 Å². The second kappa shape index (κ2) is 9.47. The van der Waals surface area contributed by atoms with Crippen LogP contribution in [-0.4, -0.2) is 38.7 Å². The first-order valence-electron chi connectivity index (χ1n) is 10.6. The molecule has 1 aromatic heterocycles. The summed E-state index contributed by atoms with van der Waals surface area (Å²) in [6.07, 6.45) is 3.88. The molecule has 1 fully saturated rings. The van der Waals surface area contributed by atoms with E-state index in [0.29, 0.717) is 22.6 Å². The van der Waals surface area contributed by atoms with Gasteiger partial charge in [0.1, 0.15) is 0 Å². The Bertz CT molecular complexity index is 1070. The zero-order chi connectivity index (χ0) is 20.9. The van der Waals surface area contributed by atoms with E-state index in [1.807, 2.05) is 54.3 Å². The Morgan fingerprint density at radius 3 is 2.53 bits per heavy atom. The molecule has 1 unspecified atom stereocenters. The number of thioether (sulfide) groups is 1. The Labute approximate surface area is 181 Å². The summed E-state index contributed by atoms with van der Waals surface area (Å²) in [5, 5.41) is 0.989. The largest absolute Gasteiger partial charge is 0.342 e. The molecule has 5 nitrogen and oxygen atoms in total. The highest BCUT2D eigenvalue weighted by Crippen LogP contribution is 2.25. The Morgan fingerprint density at radius 2 is 1.77 bits per heavy atom. The molecule has 1 aliphatic rings. The van der Waals surface area contributed by atoms with Gasteiger partial charge in [0.2, 0.25) is 5.91 Å². The van der Waals surface area contributed by atoms with Crippen molar-refractivity contribution in [3.8, 4) is 0 Å². The SMILES string of the molecule is CC(Sc1nc2ccccc2c(=O)n1CCCc1ccccc1)C(=O)N1CCCC1. The summed E-state index contributed by atoms with van der Waals surface area (Å²) in [7, 11) is 0. The molecule has 1 aliphatic heterocycles. The van der Waals surface area contributed by atoms with Gasteiger partial charge < -0.3 is 4.90 Å². The molecule has 0 bridgehead atoms. The van der Waals surface area contributed by atoms with Crippen LogP contribution in [0.15, 0.2) is 64.5 Å². The molecule has 0 radical (unpaired) electrons. The van der Waals surface area contributed by atoms with E-state index < -0.39 is 0 Å². The summed E-state index contributed by atoms with van der Waals surface area (Å²) in [4.78, 5) is 32.7. The number of benzene rings is 2. The van der Waals surface area contributed by atoms with Gasteiger partial charge in [-0.25, -0.2) is 4.98 Å². The fourth-order valence-electron chi connectivity index (χ4n) is 3.92. The van der Waals surface area contributed by atoms with Crippen molar-refractivity contribution < 1.29 is 4.79 Å². The molecule has 4 rings (SSSR count). The van der Waals surface area contributed by atoms with Crippen LogP contribution in [0.4, 0.5) is 0 Å². The van der Waals surface area contributed by atoms with Crippen LogP contribution in [-0.2, 0) is 17.8 Å². The van der Waals surface area contributed by atoms with Gasteiger partial charge in [0.25, 0.3) is 5.56 Å². The van der Waals surface area contributed by atoms with Crippen molar-refractivity contribution in [3.63, 3.8) is 0 Å². The quantitative estimate of drug-likeness (QED) is 0.425. The third kappa shape index (κ3) is 4.59. The molecule has 156 valence electrons. The van der Waals surface area contributed by atoms with Crippen LogP contribution in [0.5, 0.6) is 0 Å². The molecule has 1 amide bonds. The van der Waals surface area contributed by atoms with Crippen LogP contribution in [0.25, 0.3) is 10.9 Å². The van der Waals surface area contributed by atoms with E-state index in [4.69, 9.17) is 4.98 Å². The molecule has 2 aromatic carbocycles. The topological polar surface area (TPSA) is 55.2 Å². The van der Waals surface area contributed by atoms with Gasteiger partial charge in [0.15, 0.2) is 5.16 Å². The van der Waals surface area contributed by atoms with Gasteiger partial charge in [0.05, 0.1) is 16.2 Å². The van der Waals surface area contributed by atoms with Crippen molar-refractivity contribution in [1.82, 2.24) is 14.5 Å². The van der Waals surface area contributed by atoms with Gasteiger partial charge in [-0.3, -0.25) is 14.2 Å². The van der Waals surface area contributed by atoms with Gasteiger partial charge in [-0.05, 0) is 50.3 Å². The number of fused-ring (bicyclic) bond motifs is 1. The van der Waals surface area contributed by atoms with E-state index in [-0.39, 0.29) is 16.7 Å². The number of hydrogen-bond acceptors (Lipinski definition) is 4. The van der Waals surface area contributed by atoms with Crippen LogP contribution < -0.4 is 5.56 Å². The van der Waals surface area contributed by atoms with Crippen LogP contribution in [0.3, 0.4) is 0 Å². The average molecular weight is 422 g/mol. The molecule has 2 heterocycles. The fraction of sp³-hybridized carbons (Fsp3) is 0.375. The second-order valence-electron chi connectivity index (χ2n) is 7.75. The third-order valence-electron chi connectivity index (χ3n) is 5.56. The van der Waals surface area contributed by atoms with E-state index in [2.05, 4.69) is 12.1 Å². The van der Waals surface area contributed by atoms with Crippen molar-refractivity contribution in [2.24, 2.45) is 0 Å². The summed E-state index contributed by atoms with van der Waals surface area (Å²) in [5.74, 6) is 0.135. The Hall–Kier alpha value is -2.60. The molecule has 0 aliphatic carbocycles. The first-order valence-corrected chi connectivity index (χ1v) is 11.5. The van der Waals surface area contributed by atoms with Crippen LogP contribution in [0, 0.1) is 0 Å². The number of nitrogens with zero attached hydrogens (tertiary/aromatic N) is 3. The molecule has 1 atom stereocenters. The van der Waals surface area contributed by atoms with E-state index in [1.54, 1.807) is 4.57 Å². The fourth-order valence-corrected chi connectivity index (χ4v) is 4.94. The predicted octanol–water partition coefficient (Wildman–Crippen LogP) is 4.13. The number of amides is 1. The number of rotatable bonds is 7. The van der Waals surface area contributed by atoms with Crippen LogP contribution in [0.1, 0.15) is 31.7 Å². The van der Waals surface area contributed by atoms with Crippen molar-refractivity contribution in [1.29, 1.82) is 0 Å². The normalized spacial score (nSPS) is 14.9. The molecule has 0 spiro atoms. The van der Waals surface area contributed by atoms with Gasteiger partial charge in [0, 0.05) is 19.6 Å². The van der Waals surface area contributed by atoms with E-state index in [9.17, 15) is 9.59 Å². The Balaban J connectivity index is 1.58. The van der Waals surface area contributed by atoms with E-state index >= 15 is 0 Å². The predicted molar refractivity (Wildman–Crippen MR) is 122 cm³/mol. The minimum Gasteiger partial charge on any atom is -0.342 e. The summed E-state index contributed by atoms with van der Waals surface area (Å²) in [6.45, 7) is 4.16. The first-order chi connectivity index (χ1) is 14.6. The Kier molecular flexibility index (Phi) is 6.53. The van der Waals surface area contributed by atoms with Crippen molar-refractivity contribution in [2.75, 3.05) is 13.1 Å². The lowest BCUT2D eigenvalue weighted by atomic mass is 10.1. The number of carbonyl (C=O) groups is 1. The average Bonchev–Trinajstić information content (AvgIpc) is 3.31. The minimum atomic E-state index is -0.267. The summed E-state index contributed by atoms with van der Waals surface area (Å²) in [6, 6.07) is 17.7. The zero-order valence-corrected chi connectivity index (χ0v) is 18.1. The monoisotopic (exact) mass is 421 g/mol. The Morgan fingerprint density at radius 1 is 1.07 bits per heavy atom. The zero-order valence-electron chi connectivity index (χ0n) is 17.3. The lowest BCUT2D eigenvalue weighted by Gasteiger charge is -2.21. The van der Waals surface area contributed by atoms with Gasteiger partial charge in [-0.15, -0.1) is 0 Å². The summed E-state index contributed by atoms with van der Waals surface area (Å²) >= 11 is 1.40. The number of para-hydroxylation sites is 1. The smallest absolute Gasteiger partial charge is 0.262 e. The van der Waals surface area contributed by atoms with Crippen molar-refractivity contribution in [3.05, 3.63) is 70.5 Å². The second-order valence-corrected chi connectivity index (χ2v) is 9.06. The van der Waals surface area contributed by atoms with E-state index in [1.165, 1.54) is 17.3 Å². The maximum absolute atomic E-state index is 13.2. The van der Waals surface area contributed by atoms with Gasteiger partial charge in [-0.1, -0.05) is 54.2 Å². The van der Waals surface area contributed by atoms with Crippen molar-refractivity contribution in [2.45, 2.75) is 49.6 Å². The molecule has 1 saturated heterocycles. The maximum Gasteiger partial charge on any atom is 0.262 e. The maximum atomic E-state index is 13.2. The highest BCUT2D eigenvalue weighted by atomic mass is 32.2. The third-order valence-corrected chi connectivity index (χ3v) is 6.64. The lowest BCUT2D eigenvalue weighted by Crippen LogP contribution is -2.34. The van der Waals surface area contributed by atoms with Crippen molar-refractivity contribution >= 4 is 28.6 Å². The van der Waals surface area contributed by atoms with Crippen LogP contribution in [0.2, 0.25) is 0 Å². The standard InChI is InChI=1S/C24H27N3O2S/c1-18(22(28)26-15-7-8-16-26)30-24-25-21-14-6-5-13-20(21)23(29)27(24)17-9-12-19-10-3-2-4-11-19/h2-6,10-11,13-14,18H,7-9,12,15-17H2,1H3. The minimum absolute atomic E-state index is 0.0306. The lowest BCUT2D eigenvalue weighted by molar-refractivity contribution is -0.129. The van der Waals surface area contributed by atoms with Gasteiger partial charge in [-0.2, -0.15) is 0 Å². The number of hydrogen-bond donors (Lipinski definition) is 0. The number of carbonyl (C=O) groups excluding carboxylic acids is 1. The van der Waals surface area contributed by atoms with E-state index in [0.717, 1.165) is 38.8 Å². The molecule has 30 heavy (non-hydrogen) atoms. The summed E-state index contributed by atoms with van der Waals surface area (Å²) < 4.78 is 1.75. The highest BCUT2D eigenvalue weighted by molar-refractivity contribution is 8.00. The summed E-state index contributed by atoms with van der Waals surface area (Å²) in [5.41, 5.74) is 1.91. The first kappa shape index (κ1) is 20.7. The number of aromatic nitrogens is 2. The number of aryl methyl sites for hydroxylation is 1. The van der Waals surface area contributed by atoms with Gasteiger partial charge >= 0.3 is 0 Å². The molecular formula is C24H27N3O2S. The molecule has 6 heteroatoms. The number of likely N-dealkylation sites (tertiary alicyclic amines) is 1.